The van der Waals surface area contributed by atoms with Gasteiger partial charge in [-0.2, -0.15) is 13.1 Å². The molecule has 1 aliphatic rings. The zero-order valence-corrected chi connectivity index (χ0v) is 16.1. The van der Waals surface area contributed by atoms with E-state index < -0.39 is 22.7 Å². The lowest BCUT2D eigenvalue weighted by molar-refractivity contribution is -0.125. The molecule has 1 amide bonds. The summed E-state index contributed by atoms with van der Waals surface area (Å²) in [5, 5.41) is 2.75. The minimum absolute atomic E-state index is 0.0636. The first-order chi connectivity index (χ1) is 12.7. The molecule has 10 heteroatoms. The van der Waals surface area contributed by atoms with Gasteiger partial charge in [-0.25, -0.2) is 8.42 Å². The van der Waals surface area contributed by atoms with E-state index in [2.05, 4.69) is 10.1 Å². The molecule has 0 aromatic heterocycles. The van der Waals surface area contributed by atoms with Crippen LogP contribution in [0, 0.1) is 0 Å². The number of piperidine rings is 1. The van der Waals surface area contributed by atoms with Gasteiger partial charge < -0.3 is 14.8 Å². The highest BCUT2D eigenvalue weighted by Crippen LogP contribution is 2.29. The number of carbonyl (C=O) groups is 1. The summed E-state index contributed by atoms with van der Waals surface area (Å²) in [5.41, 5.74) is 0.761. The van der Waals surface area contributed by atoms with Crippen molar-refractivity contribution in [3.63, 3.8) is 0 Å². The molecule has 27 heavy (non-hydrogen) atoms. The molecule has 1 aliphatic heterocycles. The van der Waals surface area contributed by atoms with Gasteiger partial charge in [0.2, 0.25) is 15.9 Å². The quantitative estimate of drug-likeness (QED) is 0.711. The second-order valence-electron chi connectivity index (χ2n) is 6.29. The molecule has 2 rings (SSSR count). The first kappa shape index (κ1) is 21.4. The molecule has 0 spiro atoms. The molecule has 7 nitrogen and oxygen atoms in total. The monoisotopic (exact) mass is 406 g/mol. The summed E-state index contributed by atoms with van der Waals surface area (Å²) in [6.45, 7) is -2.32. The van der Waals surface area contributed by atoms with Crippen molar-refractivity contribution in [2.24, 2.45) is 0 Å². The van der Waals surface area contributed by atoms with E-state index in [9.17, 15) is 22.0 Å². The Morgan fingerprint density at radius 2 is 2.07 bits per heavy atom. The van der Waals surface area contributed by atoms with E-state index in [1.165, 1.54) is 17.5 Å². The predicted molar refractivity (Wildman–Crippen MR) is 95.5 cm³/mol. The number of methoxy groups -OCH3 is 1. The molecule has 1 heterocycles. The van der Waals surface area contributed by atoms with E-state index in [4.69, 9.17) is 4.74 Å². The SMILES string of the molecule is COc1cc(CCNC(=O)C2CCCCN2S(C)(=O)=O)ccc1OC(F)F. The first-order valence-electron chi connectivity index (χ1n) is 8.58. The molecule has 1 fully saturated rings. The number of rotatable bonds is 8. The van der Waals surface area contributed by atoms with Crippen LogP contribution in [0.4, 0.5) is 8.78 Å². The number of hydrogen-bond acceptors (Lipinski definition) is 5. The van der Waals surface area contributed by atoms with Crippen molar-refractivity contribution in [1.82, 2.24) is 9.62 Å². The van der Waals surface area contributed by atoms with E-state index in [0.29, 0.717) is 19.4 Å². The van der Waals surface area contributed by atoms with Crippen LogP contribution in [0.2, 0.25) is 0 Å². The number of nitrogens with zero attached hydrogens (tertiary/aromatic N) is 1. The number of sulfonamides is 1. The Labute approximate surface area is 157 Å². The van der Waals surface area contributed by atoms with Crippen molar-refractivity contribution in [3.05, 3.63) is 23.8 Å². The number of nitrogens with one attached hydrogen (secondary N) is 1. The molecular formula is C17H24F2N2O5S. The Morgan fingerprint density at radius 1 is 1.33 bits per heavy atom. The predicted octanol–water partition coefficient (Wildman–Crippen LogP) is 1.77. The highest BCUT2D eigenvalue weighted by atomic mass is 32.2. The van der Waals surface area contributed by atoms with Crippen LogP contribution < -0.4 is 14.8 Å². The normalized spacial score (nSPS) is 18.3. The van der Waals surface area contributed by atoms with Gasteiger partial charge >= 0.3 is 6.61 Å². The van der Waals surface area contributed by atoms with Gasteiger partial charge in [0.25, 0.3) is 0 Å². The topological polar surface area (TPSA) is 84.9 Å². The van der Waals surface area contributed by atoms with E-state index >= 15 is 0 Å². The number of ether oxygens (including phenoxy) is 2. The van der Waals surface area contributed by atoms with Crippen LogP contribution in [0.25, 0.3) is 0 Å². The van der Waals surface area contributed by atoms with E-state index in [0.717, 1.165) is 24.7 Å². The molecule has 0 radical (unpaired) electrons. The van der Waals surface area contributed by atoms with Gasteiger partial charge in [-0.05, 0) is 37.0 Å². The molecule has 0 aliphatic carbocycles. The standard InChI is InChI=1S/C17H24F2N2O5S/c1-25-15-11-12(6-7-14(15)26-17(18)19)8-9-20-16(22)13-5-3-4-10-21(13)27(2,23)24/h6-7,11,13,17H,3-5,8-10H2,1-2H3,(H,20,22). The fourth-order valence-corrected chi connectivity index (χ4v) is 4.20. The molecular weight excluding hydrogens is 382 g/mol. The summed E-state index contributed by atoms with van der Waals surface area (Å²) in [6.07, 6.45) is 3.57. The van der Waals surface area contributed by atoms with Gasteiger partial charge in [-0.3, -0.25) is 4.79 Å². The average molecular weight is 406 g/mol. The third-order valence-electron chi connectivity index (χ3n) is 4.34. The first-order valence-corrected chi connectivity index (χ1v) is 10.4. The van der Waals surface area contributed by atoms with Crippen LogP contribution >= 0.6 is 0 Å². The minimum atomic E-state index is -3.44. The Morgan fingerprint density at radius 3 is 2.70 bits per heavy atom. The van der Waals surface area contributed by atoms with Gasteiger partial charge in [0.15, 0.2) is 11.5 Å². The molecule has 0 bridgehead atoms. The second-order valence-corrected chi connectivity index (χ2v) is 8.23. The van der Waals surface area contributed by atoms with Crippen molar-refractivity contribution in [2.45, 2.75) is 38.3 Å². The van der Waals surface area contributed by atoms with Crippen LogP contribution in [0.3, 0.4) is 0 Å². The highest BCUT2D eigenvalue weighted by Gasteiger charge is 2.34. The van der Waals surface area contributed by atoms with Gasteiger partial charge in [0, 0.05) is 13.1 Å². The highest BCUT2D eigenvalue weighted by molar-refractivity contribution is 7.88. The lowest BCUT2D eigenvalue weighted by Gasteiger charge is -2.32. The van der Waals surface area contributed by atoms with E-state index in [1.807, 2.05) is 0 Å². The van der Waals surface area contributed by atoms with Crippen LogP contribution in [-0.2, 0) is 21.2 Å². The van der Waals surface area contributed by atoms with Crippen molar-refractivity contribution in [2.75, 3.05) is 26.5 Å². The molecule has 1 aromatic rings. The van der Waals surface area contributed by atoms with E-state index in [1.54, 1.807) is 12.1 Å². The zero-order chi connectivity index (χ0) is 20.0. The molecule has 1 aromatic carbocycles. The Hall–Kier alpha value is -1.94. The smallest absolute Gasteiger partial charge is 0.387 e. The van der Waals surface area contributed by atoms with E-state index in [-0.39, 0.29) is 24.0 Å². The van der Waals surface area contributed by atoms with Gasteiger partial charge in [0.05, 0.1) is 13.4 Å². The summed E-state index contributed by atoms with van der Waals surface area (Å²) in [5.74, 6) is -0.217. The number of hydrogen-bond donors (Lipinski definition) is 1. The maximum absolute atomic E-state index is 12.4. The number of alkyl halides is 2. The summed E-state index contributed by atoms with van der Waals surface area (Å²) >= 11 is 0. The molecule has 1 saturated heterocycles. The lowest BCUT2D eigenvalue weighted by Crippen LogP contribution is -2.51. The van der Waals surface area contributed by atoms with Gasteiger partial charge in [0.1, 0.15) is 6.04 Å². The minimum Gasteiger partial charge on any atom is -0.493 e. The zero-order valence-electron chi connectivity index (χ0n) is 15.3. The summed E-state index contributed by atoms with van der Waals surface area (Å²) < 4.78 is 59.0. The number of carbonyl (C=O) groups excluding carboxylic acids is 1. The lowest BCUT2D eigenvalue weighted by atomic mass is 10.0. The fraction of sp³-hybridized carbons (Fsp3) is 0.588. The molecule has 1 atom stereocenters. The van der Waals surface area contributed by atoms with Crippen molar-refractivity contribution >= 4 is 15.9 Å². The van der Waals surface area contributed by atoms with Gasteiger partial charge in [-0.1, -0.05) is 12.5 Å². The maximum atomic E-state index is 12.4. The molecule has 0 saturated carbocycles. The maximum Gasteiger partial charge on any atom is 0.387 e. The van der Waals surface area contributed by atoms with Gasteiger partial charge in [-0.15, -0.1) is 0 Å². The van der Waals surface area contributed by atoms with Crippen molar-refractivity contribution < 1.29 is 31.5 Å². The van der Waals surface area contributed by atoms with Crippen LogP contribution in [0.15, 0.2) is 18.2 Å². The van der Waals surface area contributed by atoms with Crippen molar-refractivity contribution in [3.8, 4) is 11.5 Å². The fourth-order valence-electron chi connectivity index (χ4n) is 3.07. The summed E-state index contributed by atoms with van der Waals surface area (Å²) in [6, 6.07) is 3.86. The van der Waals surface area contributed by atoms with Crippen molar-refractivity contribution in [1.29, 1.82) is 0 Å². The molecule has 1 unspecified atom stereocenters. The number of benzene rings is 1. The third-order valence-corrected chi connectivity index (χ3v) is 5.63. The summed E-state index contributed by atoms with van der Waals surface area (Å²) in [4.78, 5) is 12.4. The summed E-state index contributed by atoms with van der Waals surface area (Å²) in [7, 11) is -2.09. The van der Waals surface area contributed by atoms with Crippen LogP contribution in [0.1, 0.15) is 24.8 Å². The number of amides is 1. The average Bonchev–Trinajstić information content (AvgIpc) is 2.61. The number of halogens is 2. The van der Waals surface area contributed by atoms with Crippen LogP contribution in [0.5, 0.6) is 11.5 Å². The largest absolute Gasteiger partial charge is 0.493 e. The third kappa shape index (κ3) is 6.03. The molecule has 1 N–H and O–H groups in total. The Kier molecular flexibility index (Phi) is 7.37. The van der Waals surface area contributed by atoms with Crippen LogP contribution in [-0.4, -0.2) is 57.7 Å². The Bertz CT molecular complexity index is 758. The molecule has 152 valence electrons. The Balaban J connectivity index is 1.94. The second kappa shape index (κ2) is 9.32.